The Bertz CT molecular complexity index is 512. The van der Waals surface area contributed by atoms with Crippen LogP contribution in [0.1, 0.15) is 28.4 Å². The molecule has 0 spiro atoms. The molecule has 18 heavy (non-hydrogen) atoms. The molecule has 1 unspecified atom stereocenters. The van der Waals surface area contributed by atoms with Crippen LogP contribution in [0.25, 0.3) is 0 Å². The van der Waals surface area contributed by atoms with Gasteiger partial charge in [0.1, 0.15) is 5.75 Å². The summed E-state index contributed by atoms with van der Waals surface area (Å²) in [5, 5.41) is 1.03. The number of nitrogens with one attached hydrogen (secondary N) is 1. The first-order valence-corrected chi connectivity index (χ1v) is 6.68. The van der Waals surface area contributed by atoms with Crippen molar-refractivity contribution in [1.82, 2.24) is 10.4 Å². The van der Waals surface area contributed by atoms with Crippen molar-refractivity contribution in [2.45, 2.75) is 19.9 Å². The van der Waals surface area contributed by atoms with E-state index in [1.54, 1.807) is 11.3 Å². The van der Waals surface area contributed by atoms with Crippen molar-refractivity contribution >= 4 is 11.3 Å². The maximum absolute atomic E-state index is 5.68. The SMILES string of the molecule is CCOc1ccccc1C(NN)c1cnc(C)s1. The predicted octanol–water partition coefficient (Wildman–Crippen LogP) is 2.40. The highest BCUT2D eigenvalue weighted by molar-refractivity contribution is 7.11. The molecular weight excluding hydrogens is 246 g/mol. The van der Waals surface area contributed by atoms with Crippen LogP contribution in [0, 0.1) is 6.92 Å². The number of hydrogen-bond acceptors (Lipinski definition) is 5. The fourth-order valence-electron chi connectivity index (χ4n) is 1.84. The van der Waals surface area contributed by atoms with Gasteiger partial charge in [-0.15, -0.1) is 11.3 Å². The van der Waals surface area contributed by atoms with Crippen molar-refractivity contribution in [3.8, 4) is 5.75 Å². The molecule has 96 valence electrons. The predicted molar refractivity (Wildman–Crippen MR) is 73.6 cm³/mol. The van der Waals surface area contributed by atoms with Crippen LogP contribution < -0.4 is 16.0 Å². The lowest BCUT2D eigenvalue weighted by atomic mass is 10.1. The Labute approximate surface area is 111 Å². The second-order valence-corrected chi connectivity index (χ2v) is 5.12. The molecule has 2 rings (SSSR count). The fraction of sp³-hybridized carbons (Fsp3) is 0.308. The Morgan fingerprint density at radius 2 is 2.22 bits per heavy atom. The molecule has 3 N–H and O–H groups in total. The number of para-hydroxylation sites is 1. The molecule has 1 aromatic carbocycles. The van der Waals surface area contributed by atoms with Crippen LogP contribution in [-0.2, 0) is 0 Å². The number of nitrogens with zero attached hydrogens (tertiary/aromatic N) is 1. The highest BCUT2D eigenvalue weighted by atomic mass is 32.1. The molecular formula is C13H17N3OS. The number of rotatable bonds is 5. The third kappa shape index (κ3) is 2.69. The monoisotopic (exact) mass is 263 g/mol. The Kier molecular flexibility index (Phi) is 4.30. The average molecular weight is 263 g/mol. The summed E-state index contributed by atoms with van der Waals surface area (Å²) in [5.41, 5.74) is 3.87. The van der Waals surface area contributed by atoms with Crippen LogP contribution in [0.3, 0.4) is 0 Å². The van der Waals surface area contributed by atoms with E-state index in [2.05, 4.69) is 10.4 Å². The molecule has 1 heterocycles. The van der Waals surface area contributed by atoms with Gasteiger partial charge in [-0.05, 0) is 19.9 Å². The molecule has 4 nitrogen and oxygen atoms in total. The minimum absolute atomic E-state index is 0.0843. The molecule has 5 heteroatoms. The van der Waals surface area contributed by atoms with E-state index in [9.17, 15) is 0 Å². The van der Waals surface area contributed by atoms with Gasteiger partial charge >= 0.3 is 0 Å². The third-order valence-electron chi connectivity index (χ3n) is 2.62. The zero-order chi connectivity index (χ0) is 13.0. The minimum Gasteiger partial charge on any atom is -0.494 e. The average Bonchev–Trinajstić information content (AvgIpc) is 2.79. The van der Waals surface area contributed by atoms with E-state index >= 15 is 0 Å². The van der Waals surface area contributed by atoms with Crippen LogP contribution in [0.5, 0.6) is 5.75 Å². The van der Waals surface area contributed by atoms with Gasteiger partial charge in [-0.2, -0.15) is 0 Å². The third-order valence-corrected chi connectivity index (χ3v) is 3.60. The Morgan fingerprint density at radius 1 is 1.44 bits per heavy atom. The van der Waals surface area contributed by atoms with Crippen molar-refractivity contribution in [2.75, 3.05) is 6.61 Å². The number of hydrogen-bond donors (Lipinski definition) is 2. The van der Waals surface area contributed by atoms with E-state index in [1.165, 1.54) is 0 Å². The molecule has 2 aromatic rings. The molecule has 0 saturated heterocycles. The minimum atomic E-state index is -0.0843. The maximum atomic E-state index is 5.68. The zero-order valence-corrected chi connectivity index (χ0v) is 11.3. The summed E-state index contributed by atoms with van der Waals surface area (Å²) in [5.74, 6) is 6.54. The quantitative estimate of drug-likeness (QED) is 0.642. The van der Waals surface area contributed by atoms with Gasteiger partial charge in [-0.1, -0.05) is 18.2 Å². The summed E-state index contributed by atoms with van der Waals surface area (Å²) in [7, 11) is 0. The van der Waals surface area contributed by atoms with Crippen molar-refractivity contribution in [3.63, 3.8) is 0 Å². The molecule has 0 fully saturated rings. The Morgan fingerprint density at radius 3 is 2.83 bits per heavy atom. The summed E-state index contributed by atoms with van der Waals surface area (Å²) in [4.78, 5) is 5.35. The van der Waals surface area contributed by atoms with E-state index < -0.39 is 0 Å². The molecule has 0 amide bonds. The first-order valence-electron chi connectivity index (χ1n) is 5.86. The molecule has 0 aliphatic carbocycles. The standard InChI is InChI=1S/C13H17N3OS/c1-3-17-11-7-5-4-6-10(11)13(16-14)12-8-15-9(2)18-12/h4-8,13,16H,3,14H2,1-2H3. The molecule has 0 aliphatic heterocycles. The van der Waals surface area contributed by atoms with Crippen molar-refractivity contribution in [3.05, 3.63) is 45.9 Å². The summed E-state index contributed by atoms with van der Waals surface area (Å²) < 4.78 is 5.64. The van der Waals surface area contributed by atoms with Gasteiger partial charge in [0.05, 0.1) is 17.7 Å². The van der Waals surface area contributed by atoms with Gasteiger partial charge in [0, 0.05) is 16.6 Å². The van der Waals surface area contributed by atoms with Gasteiger partial charge in [-0.25, -0.2) is 10.4 Å². The van der Waals surface area contributed by atoms with E-state index in [-0.39, 0.29) is 6.04 Å². The van der Waals surface area contributed by atoms with E-state index in [1.807, 2.05) is 44.3 Å². The van der Waals surface area contributed by atoms with Gasteiger partial charge < -0.3 is 4.74 Å². The highest BCUT2D eigenvalue weighted by Gasteiger charge is 2.18. The summed E-state index contributed by atoms with van der Waals surface area (Å²) in [6.45, 7) is 4.59. The number of aromatic nitrogens is 1. The zero-order valence-electron chi connectivity index (χ0n) is 10.5. The van der Waals surface area contributed by atoms with Gasteiger partial charge in [0.25, 0.3) is 0 Å². The van der Waals surface area contributed by atoms with Crippen LogP contribution in [-0.4, -0.2) is 11.6 Å². The number of benzene rings is 1. The van der Waals surface area contributed by atoms with Crippen molar-refractivity contribution in [1.29, 1.82) is 0 Å². The first kappa shape index (κ1) is 13.0. The molecule has 1 atom stereocenters. The Hall–Kier alpha value is -1.43. The molecule has 0 aliphatic rings. The van der Waals surface area contributed by atoms with Crippen molar-refractivity contribution in [2.24, 2.45) is 5.84 Å². The normalized spacial score (nSPS) is 12.4. The lowest BCUT2D eigenvalue weighted by molar-refractivity contribution is 0.333. The maximum Gasteiger partial charge on any atom is 0.124 e. The van der Waals surface area contributed by atoms with Crippen LogP contribution in [0.4, 0.5) is 0 Å². The van der Waals surface area contributed by atoms with Gasteiger partial charge in [0.2, 0.25) is 0 Å². The number of ether oxygens (including phenoxy) is 1. The molecule has 0 radical (unpaired) electrons. The second-order valence-electron chi connectivity index (χ2n) is 3.85. The number of hydrazine groups is 1. The lowest BCUT2D eigenvalue weighted by Crippen LogP contribution is -2.28. The number of aryl methyl sites for hydroxylation is 1. The van der Waals surface area contributed by atoms with Gasteiger partial charge in [0.15, 0.2) is 0 Å². The van der Waals surface area contributed by atoms with E-state index in [0.29, 0.717) is 6.61 Å². The highest BCUT2D eigenvalue weighted by Crippen LogP contribution is 2.32. The van der Waals surface area contributed by atoms with Crippen molar-refractivity contribution < 1.29 is 4.74 Å². The van der Waals surface area contributed by atoms with Crippen LogP contribution in [0.2, 0.25) is 0 Å². The lowest BCUT2D eigenvalue weighted by Gasteiger charge is -2.18. The smallest absolute Gasteiger partial charge is 0.124 e. The fourth-order valence-corrected chi connectivity index (χ4v) is 2.71. The largest absolute Gasteiger partial charge is 0.494 e. The molecule has 0 bridgehead atoms. The summed E-state index contributed by atoms with van der Waals surface area (Å²) in [6.07, 6.45) is 1.85. The topological polar surface area (TPSA) is 60.2 Å². The molecule has 0 saturated carbocycles. The van der Waals surface area contributed by atoms with Gasteiger partial charge in [-0.3, -0.25) is 5.84 Å². The van der Waals surface area contributed by atoms with Crippen LogP contribution >= 0.6 is 11.3 Å². The first-order chi connectivity index (χ1) is 8.76. The summed E-state index contributed by atoms with van der Waals surface area (Å²) in [6, 6.07) is 7.83. The van der Waals surface area contributed by atoms with E-state index in [0.717, 1.165) is 21.2 Å². The van der Waals surface area contributed by atoms with Crippen LogP contribution in [0.15, 0.2) is 30.5 Å². The summed E-state index contributed by atoms with van der Waals surface area (Å²) >= 11 is 1.63. The Balaban J connectivity index is 2.38. The number of thiazole rings is 1. The van der Waals surface area contributed by atoms with E-state index in [4.69, 9.17) is 10.6 Å². The number of nitrogens with two attached hydrogens (primary N) is 1. The second kappa shape index (κ2) is 5.95. The molecule has 1 aromatic heterocycles.